The van der Waals surface area contributed by atoms with E-state index in [1.807, 2.05) is 18.2 Å². The number of halogens is 4. The largest absolute Gasteiger partial charge is 1.00 e. The normalized spacial score (nSPS) is 6.95. The summed E-state index contributed by atoms with van der Waals surface area (Å²) in [4.78, 5) is 8.96. The van der Waals surface area contributed by atoms with Crippen LogP contribution in [0, 0.1) is 0 Å². The fourth-order valence-electron chi connectivity index (χ4n) is 0.583. The van der Waals surface area contributed by atoms with Gasteiger partial charge in [0.25, 0.3) is 0 Å². The topological polar surface area (TPSA) is 67.3 Å². The Morgan fingerprint density at radius 3 is 1.67 bits per heavy atom. The van der Waals surface area contributed by atoms with Gasteiger partial charge in [0.05, 0.1) is 0 Å². The third-order valence-corrected chi connectivity index (χ3v) is 1.73. The molecule has 0 aliphatic rings. The first-order valence-corrected chi connectivity index (χ1v) is 18.8. The molecule has 0 unspecified atom stereocenters. The van der Waals surface area contributed by atoms with Gasteiger partial charge in [-0.3, -0.25) is 4.79 Å². The maximum absolute atomic E-state index is 9.24. The van der Waals surface area contributed by atoms with Crippen molar-refractivity contribution in [2.45, 2.75) is 13.2 Å². The number of carbonyl (C=O) groups is 1. The second kappa shape index (κ2) is 31.4. The van der Waals surface area contributed by atoms with E-state index in [4.69, 9.17) is 16.7 Å². The minimum absolute atomic E-state index is 0. The molecule has 3 nitrogen and oxygen atoms in total. The average molecular weight is 757 g/mol. The van der Waals surface area contributed by atoms with Crippen LogP contribution in [0.1, 0.15) is 13.0 Å². The number of alkyl halides is 1. The van der Waals surface area contributed by atoms with Crippen molar-refractivity contribution >= 4 is 90.1 Å². The Morgan fingerprint density at radius 1 is 1.24 bits per heavy atom. The van der Waals surface area contributed by atoms with E-state index in [1.165, 1.54) is 5.56 Å². The van der Waals surface area contributed by atoms with Crippen LogP contribution in [0.4, 0.5) is 0 Å². The van der Waals surface area contributed by atoms with Gasteiger partial charge >= 0.3 is 100 Å². The molecule has 0 atom stereocenters. The zero-order valence-electron chi connectivity index (χ0n) is 10.5. The van der Waals surface area contributed by atoms with Crippen LogP contribution >= 0.6 is 84.2 Å². The molecule has 1 aromatic carbocycles. The van der Waals surface area contributed by atoms with Gasteiger partial charge in [-0.15, -0.1) is 11.6 Å². The van der Waals surface area contributed by atoms with Gasteiger partial charge < -0.3 is 10.6 Å². The molecule has 0 bridgehead atoms. The minimum Gasteiger partial charge on any atom is -0.870 e. The predicted molar refractivity (Wildman–Crippen MR) is 108 cm³/mol. The smallest absolute Gasteiger partial charge is 0.870 e. The second-order valence-corrected chi connectivity index (χ2v) is 38.3. The predicted octanol–water partition coefficient (Wildman–Crippen LogP) is 2.54. The van der Waals surface area contributed by atoms with Crippen LogP contribution in [0.2, 0.25) is 0 Å². The van der Waals surface area contributed by atoms with E-state index in [0.717, 1.165) is 5.75 Å². The average Bonchev–Trinajstić information content (AvgIpc) is 2.30. The molecule has 1 aromatic rings. The zero-order valence-corrected chi connectivity index (χ0v) is 23.4. The number of rotatable bonds is 2. The van der Waals surface area contributed by atoms with Gasteiger partial charge in [0.15, 0.2) is 0 Å². The number of thiol groups is 1. The van der Waals surface area contributed by atoms with Crippen LogP contribution in [-0.4, -0.2) is 22.4 Å². The summed E-state index contributed by atoms with van der Waals surface area (Å²) in [6.45, 7) is 0. The summed E-state index contributed by atoms with van der Waals surface area (Å²) < 4.78 is 0. The molecule has 0 saturated carbocycles. The summed E-state index contributed by atoms with van der Waals surface area (Å²) in [5.74, 6) is -0.451. The Kier molecular flexibility index (Phi) is 59.3. The summed E-state index contributed by atoms with van der Waals surface area (Å²) >= 11 is 16.2. The van der Waals surface area contributed by atoms with Crippen LogP contribution < -0.4 is 29.6 Å². The fourth-order valence-corrected chi connectivity index (χ4v) is 0.794. The van der Waals surface area contributed by atoms with Gasteiger partial charge in [-0.1, -0.05) is 37.8 Å². The first-order chi connectivity index (χ1) is 7.93. The fraction of sp³-hybridized carbons (Fsp3) is 0.300. The standard InChI is InChI=1S/C7H8S.C2H3ClO2.CH4.3HI.Na.H2O.2V/c8-6-7-4-2-1-3-5-7;3-1-2(4)5;;;;;;;;/h1-5,8H,6H2;1H2,(H,4,5);1H4;3*1H;;1H2;;/q;;;;;;+1;;;+3/p-4. The SMILES string of the molecule is C.O=C(O)CCl.SCc1ccccc1.[I][V]([I])[I].[Na+].[OH-].[V]. The number of benzene rings is 1. The maximum Gasteiger partial charge on any atom is 1.00 e. The van der Waals surface area contributed by atoms with E-state index in [9.17, 15) is 4.79 Å². The van der Waals surface area contributed by atoms with Crippen molar-refractivity contribution in [2.75, 3.05) is 5.88 Å². The number of hydrogen-bond donors (Lipinski definition) is 2. The first kappa shape index (κ1) is 39.6. The van der Waals surface area contributed by atoms with E-state index >= 15 is 0 Å². The first-order valence-electron chi connectivity index (χ1n) is 4.14. The van der Waals surface area contributed by atoms with E-state index < -0.39 is 5.97 Å². The van der Waals surface area contributed by atoms with Crippen molar-refractivity contribution in [2.24, 2.45) is 0 Å². The Hall–Kier alpha value is 3.65. The molecule has 0 fully saturated rings. The molecule has 0 heterocycles. The van der Waals surface area contributed by atoms with E-state index in [0.29, 0.717) is 0 Å². The van der Waals surface area contributed by atoms with Crippen molar-refractivity contribution < 1.29 is 68.4 Å². The van der Waals surface area contributed by atoms with Gasteiger partial charge in [-0.25, -0.2) is 0 Å². The number of carboxylic acid groups (broad SMARTS) is 1. The number of carboxylic acids is 1. The molecule has 21 heavy (non-hydrogen) atoms. The monoisotopic (exact) mass is 757 g/mol. The van der Waals surface area contributed by atoms with E-state index in [2.05, 4.69) is 84.7 Å². The summed E-state index contributed by atoms with van der Waals surface area (Å²) in [5, 5.41) is 7.59. The van der Waals surface area contributed by atoms with Gasteiger partial charge in [0, 0.05) is 24.3 Å². The third-order valence-electron chi connectivity index (χ3n) is 1.14. The minimum atomic E-state index is -0.980. The Labute approximate surface area is 209 Å². The van der Waals surface area contributed by atoms with Crippen molar-refractivity contribution in [1.82, 2.24) is 0 Å². The Balaban J connectivity index is -0.0000000391. The molecule has 2 N–H and O–H groups in total. The number of aliphatic carboxylic acids is 1. The van der Waals surface area contributed by atoms with Crippen LogP contribution in [0.25, 0.3) is 0 Å². The molecule has 0 amide bonds. The molecular formula is C10H16ClI3NaO3SV2. The molecule has 1 radical (unpaired) electrons. The summed E-state index contributed by atoms with van der Waals surface area (Å²) in [6.07, 6.45) is 0. The Morgan fingerprint density at radius 2 is 1.52 bits per heavy atom. The molecule has 11 heteroatoms. The van der Waals surface area contributed by atoms with Crippen LogP contribution in [0.15, 0.2) is 30.3 Å². The summed E-state index contributed by atoms with van der Waals surface area (Å²) in [7, 11) is 0. The second-order valence-electron chi connectivity index (χ2n) is 2.36. The van der Waals surface area contributed by atoms with E-state index in [1.54, 1.807) is 0 Å². The van der Waals surface area contributed by atoms with Crippen molar-refractivity contribution in [3.63, 3.8) is 0 Å². The summed E-state index contributed by atoms with van der Waals surface area (Å²) in [5.41, 5.74) is 1.27. The van der Waals surface area contributed by atoms with Crippen molar-refractivity contribution in [3.05, 3.63) is 35.9 Å². The molecule has 0 aliphatic carbocycles. The quantitative estimate of drug-likeness (QED) is 0.211. The zero-order chi connectivity index (χ0) is 13.7. The van der Waals surface area contributed by atoms with Gasteiger partial charge in [-0.2, -0.15) is 12.6 Å². The maximum atomic E-state index is 9.24. The Bertz CT molecular complexity index is 301. The molecule has 0 aromatic heterocycles. The van der Waals surface area contributed by atoms with Gasteiger partial charge in [0.1, 0.15) is 5.88 Å². The molecule has 119 valence electrons. The van der Waals surface area contributed by atoms with Crippen molar-refractivity contribution in [3.8, 4) is 0 Å². The van der Waals surface area contributed by atoms with Crippen LogP contribution in [0.3, 0.4) is 0 Å². The van der Waals surface area contributed by atoms with Crippen LogP contribution in [-0.2, 0) is 34.0 Å². The molecule has 0 saturated heterocycles. The molecule has 0 spiro atoms. The molecule has 0 aliphatic heterocycles. The number of hydrogen-bond acceptors (Lipinski definition) is 3. The van der Waals surface area contributed by atoms with Crippen LogP contribution in [0.5, 0.6) is 0 Å². The summed E-state index contributed by atoms with van der Waals surface area (Å²) in [6, 6.07) is 10.2. The molecule has 1 rings (SSSR count). The van der Waals surface area contributed by atoms with Crippen molar-refractivity contribution in [1.29, 1.82) is 0 Å². The van der Waals surface area contributed by atoms with Gasteiger partial charge in [0.2, 0.25) is 0 Å². The van der Waals surface area contributed by atoms with Gasteiger partial charge in [-0.05, 0) is 5.56 Å². The third kappa shape index (κ3) is 45.3. The van der Waals surface area contributed by atoms with E-state index in [-0.39, 0.29) is 71.8 Å². The molecular weight excluding hydrogens is 741 g/mol.